The summed E-state index contributed by atoms with van der Waals surface area (Å²) in [6.45, 7) is 8.80. The predicted molar refractivity (Wildman–Crippen MR) is 174 cm³/mol. The fraction of sp³-hybridized carbons (Fsp3) is 0.361. The number of benzene rings is 3. The van der Waals surface area contributed by atoms with Crippen LogP contribution in [0.2, 0.25) is 0 Å². The lowest BCUT2D eigenvalue weighted by Gasteiger charge is -2.34. The molecule has 4 rings (SSSR count). The van der Waals surface area contributed by atoms with Crippen LogP contribution in [0.15, 0.2) is 77.6 Å². The molecule has 1 heterocycles. The average molecular weight is 696 g/mol. The van der Waals surface area contributed by atoms with Gasteiger partial charge in [-0.05, 0) is 96.5 Å². The molecular weight excluding hydrogens is 659 g/mol. The van der Waals surface area contributed by atoms with Crippen molar-refractivity contribution < 1.29 is 46.6 Å². The van der Waals surface area contributed by atoms with Crippen LogP contribution in [-0.4, -0.2) is 49.9 Å². The number of Topliss-reactive ketones (excluding diaryl/α,β-unsaturated/α-hetero) is 1. The van der Waals surface area contributed by atoms with Crippen LogP contribution in [0.25, 0.3) is 10.9 Å². The predicted octanol–water partition coefficient (Wildman–Crippen LogP) is 6.36. The normalized spacial score (nSPS) is 12.3. The van der Waals surface area contributed by atoms with Crippen molar-refractivity contribution in [2.45, 2.75) is 78.3 Å². The molecule has 0 atom stereocenters. The molecule has 0 aliphatic rings. The van der Waals surface area contributed by atoms with Gasteiger partial charge in [0, 0.05) is 18.5 Å². The van der Waals surface area contributed by atoms with E-state index in [0.717, 1.165) is 18.2 Å². The number of aromatic nitrogens is 3. The van der Waals surface area contributed by atoms with Gasteiger partial charge < -0.3 is 14.2 Å². The first kappa shape index (κ1) is 37.4. The van der Waals surface area contributed by atoms with Gasteiger partial charge in [-0.3, -0.25) is 19.2 Å². The first-order chi connectivity index (χ1) is 23.2. The topological polar surface area (TPSA) is 144 Å². The molecule has 4 aromatic rings. The number of carbonyl (C=O) groups excluding carboxylic acids is 4. The first-order valence-electron chi connectivity index (χ1n) is 15.5. The van der Waals surface area contributed by atoms with Gasteiger partial charge in [-0.1, -0.05) is 29.5 Å². The van der Waals surface area contributed by atoms with Crippen LogP contribution in [0.3, 0.4) is 0 Å². The highest BCUT2D eigenvalue weighted by Crippen LogP contribution is 2.37. The molecule has 264 valence electrons. The quantitative estimate of drug-likeness (QED) is 0.0796. The molecule has 0 saturated carbocycles. The second-order valence-corrected chi connectivity index (χ2v) is 13.5. The number of alkyl halides is 3. The molecule has 0 aliphatic heterocycles. The summed E-state index contributed by atoms with van der Waals surface area (Å²) in [5.74, 6) is -3.44. The van der Waals surface area contributed by atoms with E-state index in [1.165, 1.54) is 24.3 Å². The minimum absolute atomic E-state index is 0.0448. The number of nitrogens with zero attached hydrogens (tertiary/aromatic N) is 3. The second kappa shape index (κ2) is 14.2. The van der Waals surface area contributed by atoms with Crippen LogP contribution in [0.1, 0.15) is 80.7 Å². The van der Waals surface area contributed by atoms with E-state index in [9.17, 15) is 37.1 Å². The summed E-state index contributed by atoms with van der Waals surface area (Å²) in [4.78, 5) is 67.6. The fourth-order valence-corrected chi connectivity index (χ4v) is 4.87. The largest absolute Gasteiger partial charge is 0.459 e. The molecule has 1 aromatic heterocycles. The summed E-state index contributed by atoms with van der Waals surface area (Å²) in [7, 11) is 0. The van der Waals surface area contributed by atoms with E-state index in [2.05, 4.69) is 10.3 Å². The maximum absolute atomic E-state index is 14.0. The second-order valence-electron chi connectivity index (χ2n) is 13.5. The number of halogens is 3. The zero-order valence-electron chi connectivity index (χ0n) is 28.3. The lowest BCUT2D eigenvalue weighted by atomic mass is 9.78. The number of carbonyl (C=O) groups is 4. The molecule has 50 heavy (non-hydrogen) atoms. The van der Waals surface area contributed by atoms with Crippen molar-refractivity contribution >= 4 is 34.6 Å². The van der Waals surface area contributed by atoms with E-state index in [-0.39, 0.29) is 16.7 Å². The number of fused-ring (bicyclic) bond motifs is 1. The van der Waals surface area contributed by atoms with E-state index < -0.39 is 82.5 Å². The zero-order valence-corrected chi connectivity index (χ0v) is 28.3. The van der Waals surface area contributed by atoms with Crippen LogP contribution in [0.5, 0.6) is 5.75 Å². The molecule has 14 heteroatoms. The van der Waals surface area contributed by atoms with Crippen molar-refractivity contribution in [2.75, 3.05) is 0 Å². The Morgan fingerprint density at radius 2 is 1.32 bits per heavy atom. The van der Waals surface area contributed by atoms with Gasteiger partial charge in [0.2, 0.25) is 0 Å². The summed E-state index contributed by atoms with van der Waals surface area (Å²) in [6, 6.07) is 16.6. The maximum Gasteiger partial charge on any atom is 0.418 e. The van der Waals surface area contributed by atoms with Gasteiger partial charge in [0.1, 0.15) is 22.5 Å². The Bertz CT molecular complexity index is 1930. The minimum Gasteiger partial charge on any atom is -0.459 e. The summed E-state index contributed by atoms with van der Waals surface area (Å²) in [5, 5.41) is 6.91. The number of aryl methyl sites for hydroxylation is 1. The average Bonchev–Trinajstić information content (AvgIpc) is 3.02. The monoisotopic (exact) mass is 695 g/mol. The maximum atomic E-state index is 14.0. The van der Waals surface area contributed by atoms with E-state index in [1.54, 1.807) is 71.9 Å². The summed E-state index contributed by atoms with van der Waals surface area (Å²) in [6.07, 6.45) is -6.17. The van der Waals surface area contributed by atoms with Crippen molar-refractivity contribution in [1.82, 2.24) is 15.0 Å². The Balaban J connectivity index is 1.72. The highest BCUT2D eigenvalue weighted by molar-refractivity contribution is 6.08. The Kier molecular flexibility index (Phi) is 10.6. The molecule has 0 saturated heterocycles. The van der Waals surface area contributed by atoms with Crippen molar-refractivity contribution in [2.24, 2.45) is 5.41 Å². The van der Waals surface area contributed by atoms with Crippen LogP contribution >= 0.6 is 0 Å². The summed E-state index contributed by atoms with van der Waals surface area (Å²) in [5.41, 5.74) is -7.05. The van der Waals surface area contributed by atoms with E-state index in [1.807, 2.05) is 0 Å². The molecule has 0 N–H and O–H groups in total. The number of hydrogen-bond acceptors (Lipinski definition) is 10. The van der Waals surface area contributed by atoms with Crippen LogP contribution in [0, 0.1) is 5.41 Å². The van der Waals surface area contributed by atoms with E-state index in [0.29, 0.717) is 10.2 Å². The number of hydrogen-bond donors (Lipinski definition) is 0. The molecule has 3 aromatic carbocycles. The van der Waals surface area contributed by atoms with Crippen molar-refractivity contribution in [3.63, 3.8) is 0 Å². The van der Waals surface area contributed by atoms with E-state index >= 15 is 0 Å². The number of rotatable bonds is 10. The van der Waals surface area contributed by atoms with Gasteiger partial charge in [0.25, 0.3) is 5.56 Å². The third-order valence-electron chi connectivity index (χ3n) is 7.25. The highest BCUT2D eigenvalue weighted by Gasteiger charge is 2.52. The van der Waals surface area contributed by atoms with Crippen molar-refractivity contribution in [1.29, 1.82) is 0 Å². The third-order valence-corrected chi connectivity index (χ3v) is 7.25. The summed E-state index contributed by atoms with van der Waals surface area (Å²) < 4.78 is 58.1. The molecule has 0 spiro atoms. The minimum atomic E-state index is -4.81. The molecule has 0 aliphatic carbocycles. The Labute approximate surface area is 285 Å². The highest BCUT2D eigenvalue weighted by atomic mass is 19.4. The van der Waals surface area contributed by atoms with Crippen molar-refractivity contribution in [3.05, 3.63) is 99.8 Å². The lowest BCUT2D eigenvalue weighted by Crippen LogP contribution is -2.49. The van der Waals surface area contributed by atoms with Crippen LogP contribution in [0.4, 0.5) is 13.2 Å². The van der Waals surface area contributed by atoms with Gasteiger partial charge in [-0.2, -0.15) is 13.2 Å². The standard InChI is InChI=1S/C36H36F3N3O8/c1-33(2,3)49-31(46)35(32(47)50-34(4,5)6,19-20-42-29(44)25-13-10-14-26(36(37,38)39)28(25)40-41-42)21-27(43)22-15-17-24(18-16-22)48-30(45)23-11-8-7-9-12-23/h7-18H,19-21H2,1-6H3. The van der Waals surface area contributed by atoms with Gasteiger partial charge in [-0.25, -0.2) is 9.48 Å². The Morgan fingerprint density at radius 1 is 0.740 bits per heavy atom. The molecule has 0 bridgehead atoms. The van der Waals surface area contributed by atoms with Gasteiger partial charge >= 0.3 is 24.1 Å². The Hall–Kier alpha value is -5.40. The zero-order chi connectivity index (χ0) is 37.1. The molecule has 0 amide bonds. The SMILES string of the molecule is CC(C)(C)OC(=O)C(CCn1nnc2c(C(F)(F)F)cccc2c1=O)(CC(=O)c1ccc(OC(=O)c2ccccc2)cc1)C(=O)OC(C)(C)C. The van der Waals surface area contributed by atoms with Gasteiger partial charge in [-0.15, -0.1) is 5.10 Å². The molecule has 0 fully saturated rings. The fourth-order valence-electron chi connectivity index (χ4n) is 4.87. The summed E-state index contributed by atoms with van der Waals surface area (Å²) >= 11 is 0. The smallest absolute Gasteiger partial charge is 0.418 e. The van der Waals surface area contributed by atoms with Crippen LogP contribution < -0.4 is 10.3 Å². The van der Waals surface area contributed by atoms with Gasteiger partial charge in [0.15, 0.2) is 11.2 Å². The molecule has 0 radical (unpaired) electrons. The third kappa shape index (κ3) is 8.98. The lowest BCUT2D eigenvalue weighted by molar-refractivity contribution is -0.186. The molecule has 11 nitrogen and oxygen atoms in total. The molecule has 0 unspecified atom stereocenters. The Morgan fingerprint density at radius 3 is 1.86 bits per heavy atom. The van der Waals surface area contributed by atoms with E-state index in [4.69, 9.17) is 14.2 Å². The molecular formula is C36H36F3N3O8. The van der Waals surface area contributed by atoms with Crippen LogP contribution in [-0.2, 0) is 31.8 Å². The van der Waals surface area contributed by atoms with Gasteiger partial charge in [0.05, 0.1) is 16.5 Å². The first-order valence-corrected chi connectivity index (χ1v) is 15.5. The number of ether oxygens (including phenoxy) is 3. The van der Waals surface area contributed by atoms with Crippen molar-refractivity contribution in [3.8, 4) is 5.75 Å². The number of ketones is 1. The number of esters is 3.